The van der Waals surface area contributed by atoms with Gasteiger partial charge in [0.25, 0.3) is 5.91 Å². The van der Waals surface area contributed by atoms with Crippen LogP contribution in [0.5, 0.6) is 0 Å². The second-order valence-electron chi connectivity index (χ2n) is 7.77. The monoisotopic (exact) mass is 431 g/mol. The number of nitrogens with zero attached hydrogens (tertiary/aromatic N) is 2. The van der Waals surface area contributed by atoms with Crippen molar-refractivity contribution in [2.24, 2.45) is 0 Å². The lowest BCUT2D eigenvalue weighted by Crippen LogP contribution is -2.35. The second-order valence-corrected chi connectivity index (χ2v) is 9.71. The Labute approximate surface area is 176 Å². The number of nitrogens with one attached hydrogen (secondary N) is 1. The third-order valence-corrected chi connectivity index (χ3v) is 7.63. The summed E-state index contributed by atoms with van der Waals surface area (Å²) in [5.74, 6) is -1.05. The van der Waals surface area contributed by atoms with Crippen LogP contribution < -0.4 is 10.2 Å². The number of piperidine rings is 1. The molecular weight excluding hydrogens is 405 g/mol. The summed E-state index contributed by atoms with van der Waals surface area (Å²) in [4.78, 5) is 15.3. The maximum atomic E-state index is 14.1. The van der Waals surface area contributed by atoms with Crippen LogP contribution in [0.1, 0.15) is 42.5 Å². The van der Waals surface area contributed by atoms with Crippen LogP contribution in [0.2, 0.25) is 0 Å². The summed E-state index contributed by atoms with van der Waals surface area (Å²) in [7, 11) is -3.68. The van der Waals surface area contributed by atoms with E-state index in [1.54, 1.807) is 24.3 Å². The third kappa shape index (κ3) is 4.20. The highest BCUT2D eigenvalue weighted by Gasteiger charge is 2.29. The Kier molecular flexibility index (Phi) is 6.06. The minimum Gasteiger partial charge on any atom is -0.371 e. The first-order valence-corrected chi connectivity index (χ1v) is 11.9. The van der Waals surface area contributed by atoms with Crippen molar-refractivity contribution in [1.29, 1.82) is 0 Å². The van der Waals surface area contributed by atoms with E-state index in [0.29, 0.717) is 18.8 Å². The van der Waals surface area contributed by atoms with Gasteiger partial charge in [-0.2, -0.15) is 4.31 Å². The number of benzene rings is 2. The van der Waals surface area contributed by atoms with Crippen LogP contribution in [0.25, 0.3) is 0 Å². The van der Waals surface area contributed by atoms with Crippen LogP contribution in [-0.4, -0.2) is 44.8 Å². The molecule has 6 nitrogen and oxygen atoms in total. The van der Waals surface area contributed by atoms with E-state index in [1.165, 1.54) is 22.5 Å². The van der Waals surface area contributed by atoms with Gasteiger partial charge in [0.1, 0.15) is 5.82 Å². The number of halogens is 1. The van der Waals surface area contributed by atoms with Gasteiger partial charge in [-0.05, 0) is 56.0 Å². The quantitative estimate of drug-likeness (QED) is 0.781. The van der Waals surface area contributed by atoms with Gasteiger partial charge in [-0.15, -0.1) is 0 Å². The van der Waals surface area contributed by atoms with Gasteiger partial charge in [-0.3, -0.25) is 4.79 Å². The molecule has 0 atom stereocenters. The molecular formula is C22H26FN3O3S. The van der Waals surface area contributed by atoms with Crippen LogP contribution in [0.4, 0.5) is 15.8 Å². The lowest BCUT2D eigenvalue weighted by molar-refractivity contribution is 0.102. The fourth-order valence-electron chi connectivity index (χ4n) is 4.10. The van der Waals surface area contributed by atoms with Crippen molar-refractivity contribution in [3.8, 4) is 0 Å². The molecule has 2 aromatic carbocycles. The van der Waals surface area contributed by atoms with Crippen molar-refractivity contribution in [2.75, 3.05) is 36.4 Å². The Morgan fingerprint density at radius 1 is 0.900 bits per heavy atom. The predicted molar refractivity (Wildman–Crippen MR) is 115 cm³/mol. The lowest BCUT2D eigenvalue weighted by Gasteiger charge is -2.27. The molecule has 0 saturated carbocycles. The average molecular weight is 432 g/mol. The van der Waals surface area contributed by atoms with E-state index in [0.717, 1.165) is 45.2 Å². The number of carbonyl (C=O) groups excluding carboxylic acids is 1. The van der Waals surface area contributed by atoms with E-state index in [4.69, 9.17) is 0 Å². The van der Waals surface area contributed by atoms with Crippen molar-refractivity contribution >= 4 is 27.3 Å². The number of hydrogen-bond acceptors (Lipinski definition) is 4. The molecule has 2 aliphatic heterocycles. The van der Waals surface area contributed by atoms with Gasteiger partial charge in [0.2, 0.25) is 10.0 Å². The van der Waals surface area contributed by atoms with E-state index in [9.17, 15) is 17.6 Å². The van der Waals surface area contributed by atoms with Gasteiger partial charge in [0.05, 0.1) is 16.1 Å². The van der Waals surface area contributed by atoms with Crippen LogP contribution in [-0.2, 0) is 10.0 Å². The Hall–Kier alpha value is -2.45. The second kappa shape index (κ2) is 8.73. The standard InChI is InChI=1S/C22H26FN3O3S/c23-19-8-2-3-9-20(19)24-22(27)18-16-17(10-11-21(18)25-12-6-7-13-25)30(28,29)26-14-4-1-5-15-26/h2-3,8-11,16H,1,4-7,12-15H2,(H,24,27). The average Bonchev–Trinajstić information content (AvgIpc) is 3.30. The highest BCUT2D eigenvalue weighted by molar-refractivity contribution is 7.89. The zero-order valence-electron chi connectivity index (χ0n) is 16.8. The summed E-state index contributed by atoms with van der Waals surface area (Å²) in [6, 6.07) is 10.7. The van der Waals surface area contributed by atoms with Crippen molar-refractivity contribution in [2.45, 2.75) is 37.0 Å². The Bertz CT molecular complexity index is 1030. The maximum Gasteiger partial charge on any atom is 0.257 e. The number of anilines is 2. The molecule has 4 rings (SSSR count). The summed E-state index contributed by atoms with van der Waals surface area (Å²) in [6.45, 7) is 2.59. The fourth-order valence-corrected chi connectivity index (χ4v) is 5.64. The summed E-state index contributed by atoms with van der Waals surface area (Å²) in [5, 5.41) is 2.60. The van der Waals surface area contributed by atoms with E-state index < -0.39 is 21.7 Å². The molecule has 2 saturated heterocycles. The van der Waals surface area contributed by atoms with Crippen molar-refractivity contribution in [3.05, 3.63) is 53.8 Å². The number of amides is 1. The minimum atomic E-state index is -3.68. The molecule has 30 heavy (non-hydrogen) atoms. The van der Waals surface area contributed by atoms with Crippen LogP contribution in [0.15, 0.2) is 47.4 Å². The first-order chi connectivity index (χ1) is 14.5. The Morgan fingerprint density at radius 2 is 1.57 bits per heavy atom. The molecule has 0 radical (unpaired) electrons. The molecule has 0 unspecified atom stereocenters. The number of rotatable bonds is 5. The molecule has 0 bridgehead atoms. The molecule has 8 heteroatoms. The molecule has 1 amide bonds. The van der Waals surface area contributed by atoms with Gasteiger partial charge in [0, 0.05) is 31.9 Å². The smallest absolute Gasteiger partial charge is 0.257 e. The van der Waals surface area contributed by atoms with Crippen LogP contribution in [0, 0.1) is 5.82 Å². The van der Waals surface area contributed by atoms with E-state index in [1.807, 2.05) is 0 Å². The number of sulfonamides is 1. The molecule has 2 fully saturated rings. The van der Waals surface area contributed by atoms with Gasteiger partial charge in [-0.25, -0.2) is 12.8 Å². The molecule has 2 aliphatic rings. The minimum absolute atomic E-state index is 0.0687. The Balaban J connectivity index is 1.71. The molecule has 2 heterocycles. The topological polar surface area (TPSA) is 69.7 Å². The lowest BCUT2D eigenvalue weighted by atomic mass is 10.1. The highest BCUT2D eigenvalue weighted by Crippen LogP contribution is 2.30. The SMILES string of the molecule is O=C(Nc1ccccc1F)c1cc(S(=O)(=O)N2CCCCC2)ccc1N1CCCC1. The molecule has 160 valence electrons. The largest absolute Gasteiger partial charge is 0.371 e. The van der Waals surface area contributed by atoms with Gasteiger partial charge in [-0.1, -0.05) is 18.6 Å². The maximum absolute atomic E-state index is 14.1. The number of hydrogen-bond donors (Lipinski definition) is 1. The van der Waals surface area contributed by atoms with Gasteiger partial charge < -0.3 is 10.2 Å². The van der Waals surface area contributed by atoms with Gasteiger partial charge >= 0.3 is 0 Å². The predicted octanol–water partition coefficient (Wildman–Crippen LogP) is 3.85. The zero-order valence-corrected chi connectivity index (χ0v) is 17.6. The third-order valence-electron chi connectivity index (χ3n) is 5.73. The first-order valence-electron chi connectivity index (χ1n) is 10.4. The van der Waals surface area contributed by atoms with Gasteiger partial charge in [0.15, 0.2) is 0 Å². The Morgan fingerprint density at radius 3 is 2.27 bits per heavy atom. The van der Waals surface area contributed by atoms with Crippen molar-refractivity contribution in [1.82, 2.24) is 4.31 Å². The summed E-state index contributed by atoms with van der Waals surface area (Å²) >= 11 is 0. The molecule has 1 N–H and O–H groups in total. The molecule has 0 aromatic heterocycles. The van der Waals surface area contributed by atoms with Crippen LogP contribution >= 0.6 is 0 Å². The van der Waals surface area contributed by atoms with Crippen LogP contribution in [0.3, 0.4) is 0 Å². The number of carbonyl (C=O) groups is 1. The first kappa shape index (κ1) is 20.8. The summed E-state index contributed by atoms with van der Waals surface area (Å²) < 4.78 is 41.8. The van der Waals surface area contributed by atoms with E-state index in [2.05, 4.69) is 10.2 Å². The molecule has 2 aromatic rings. The molecule has 0 spiro atoms. The van der Waals surface area contributed by atoms with Crippen molar-refractivity contribution < 1.29 is 17.6 Å². The van der Waals surface area contributed by atoms with E-state index >= 15 is 0 Å². The normalized spacial score (nSPS) is 17.8. The summed E-state index contributed by atoms with van der Waals surface area (Å²) in [5.41, 5.74) is 0.997. The highest BCUT2D eigenvalue weighted by atomic mass is 32.2. The van der Waals surface area contributed by atoms with E-state index in [-0.39, 0.29) is 16.1 Å². The summed E-state index contributed by atoms with van der Waals surface area (Å²) in [6.07, 6.45) is 4.73. The fraction of sp³-hybridized carbons (Fsp3) is 0.409. The number of para-hydroxylation sites is 1. The molecule has 0 aliphatic carbocycles. The zero-order chi connectivity index (χ0) is 21.1. The van der Waals surface area contributed by atoms with Crippen molar-refractivity contribution in [3.63, 3.8) is 0 Å².